The van der Waals surface area contributed by atoms with Crippen LogP contribution in [0.25, 0.3) is 16.2 Å². The number of nitrogens with zero attached hydrogens (tertiary/aromatic N) is 3. The lowest BCUT2D eigenvalue weighted by molar-refractivity contribution is 0.415. The second-order valence-corrected chi connectivity index (χ2v) is 5.31. The minimum Gasteiger partial charge on any atom is -0.497 e. The zero-order valence-electron chi connectivity index (χ0n) is 11.2. The van der Waals surface area contributed by atoms with Crippen molar-refractivity contribution < 1.29 is 4.74 Å². The SMILES string of the molecule is COc1ccc(-c2csc3nnc(CCCN)n23)cc1. The number of fused-ring (bicyclic) bond motifs is 1. The highest BCUT2D eigenvalue weighted by molar-refractivity contribution is 7.15. The number of hydrogen-bond donors (Lipinski definition) is 1. The van der Waals surface area contributed by atoms with Gasteiger partial charge in [-0.3, -0.25) is 4.40 Å². The van der Waals surface area contributed by atoms with Gasteiger partial charge in [0, 0.05) is 11.8 Å². The standard InChI is InChI=1S/C14H16N4OS/c1-19-11-6-4-10(5-7-11)12-9-20-14-17-16-13(18(12)14)3-2-8-15/h4-7,9H,2-3,8,15H2,1H3. The zero-order valence-corrected chi connectivity index (χ0v) is 12.1. The number of rotatable bonds is 5. The maximum Gasteiger partial charge on any atom is 0.216 e. The molecule has 2 heterocycles. The van der Waals surface area contributed by atoms with Crippen molar-refractivity contribution in [1.29, 1.82) is 0 Å². The minimum absolute atomic E-state index is 0.664. The van der Waals surface area contributed by atoms with Crippen molar-refractivity contribution >= 4 is 16.3 Å². The van der Waals surface area contributed by atoms with Crippen LogP contribution in [0.15, 0.2) is 29.6 Å². The highest BCUT2D eigenvalue weighted by Crippen LogP contribution is 2.28. The van der Waals surface area contributed by atoms with Gasteiger partial charge in [-0.15, -0.1) is 21.5 Å². The van der Waals surface area contributed by atoms with Crippen LogP contribution >= 0.6 is 11.3 Å². The van der Waals surface area contributed by atoms with Crippen LogP contribution < -0.4 is 10.5 Å². The normalized spacial score (nSPS) is 11.1. The largest absolute Gasteiger partial charge is 0.497 e. The first-order chi connectivity index (χ1) is 9.83. The van der Waals surface area contributed by atoms with Gasteiger partial charge in [0.05, 0.1) is 12.8 Å². The molecule has 1 aromatic carbocycles. The van der Waals surface area contributed by atoms with Gasteiger partial charge < -0.3 is 10.5 Å². The van der Waals surface area contributed by atoms with Crippen LogP contribution in [0.2, 0.25) is 0 Å². The van der Waals surface area contributed by atoms with Gasteiger partial charge >= 0.3 is 0 Å². The van der Waals surface area contributed by atoms with E-state index in [1.165, 1.54) is 0 Å². The van der Waals surface area contributed by atoms with Crippen molar-refractivity contribution in [2.24, 2.45) is 5.73 Å². The molecule has 3 rings (SSSR count). The van der Waals surface area contributed by atoms with E-state index in [4.69, 9.17) is 10.5 Å². The van der Waals surface area contributed by atoms with Gasteiger partial charge in [-0.05, 0) is 42.8 Å². The lowest BCUT2D eigenvalue weighted by atomic mass is 10.1. The molecule has 0 aliphatic carbocycles. The van der Waals surface area contributed by atoms with Gasteiger partial charge in [0.25, 0.3) is 0 Å². The first-order valence-corrected chi connectivity index (χ1v) is 7.37. The molecule has 0 saturated carbocycles. The number of thiazole rings is 1. The molecule has 6 heteroatoms. The third-order valence-electron chi connectivity index (χ3n) is 3.21. The molecule has 0 fully saturated rings. The first-order valence-electron chi connectivity index (χ1n) is 6.49. The molecule has 0 aliphatic heterocycles. The fourth-order valence-corrected chi connectivity index (χ4v) is 3.02. The van der Waals surface area contributed by atoms with Gasteiger partial charge in [-0.25, -0.2) is 0 Å². The van der Waals surface area contributed by atoms with Crippen molar-refractivity contribution in [3.8, 4) is 17.0 Å². The smallest absolute Gasteiger partial charge is 0.216 e. The van der Waals surface area contributed by atoms with Crippen LogP contribution in [0.1, 0.15) is 12.2 Å². The number of ether oxygens (including phenoxy) is 1. The van der Waals surface area contributed by atoms with Gasteiger partial charge in [-0.1, -0.05) is 0 Å². The van der Waals surface area contributed by atoms with E-state index in [1.54, 1.807) is 18.4 Å². The number of nitrogens with two attached hydrogens (primary N) is 1. The van der Waals surface area contributed by atoms with Crippen molar-refractivity contribution in [3.63, 3.8) is 0 Å². The van der Waals surface area contributed by atoms with Crippen LogP contribution in [0.5, 0.6) is 5.75 Å². The number of aromatic nitrogens is 3. The minimum atomic E-state index is 0.664. The second-order valence-electron chi connectivity index (χ2n) is 4.48. The summed E-state index contributed by atoms with van der Waals surface area (Å²) >= 11 is 1.60. The summed E-state index contributed by atoms with van der Waals surface area (Å²) in [5.41, 5.74) is 7.82. The molecule has 104 valence electrons. The maximum absolute atomic E-state index is 5.58. The predicted octanol–water partition coefficient (Wildman–Crippen LogP) is 2.36. The summed E-state index contributed by atoms with van der Waals surface area (Å²) in [5, 5.41) is 10.6. The summed E-state index contributed by atoms with van der Waals surface area (Å²) in [6.07, 6.45) is 1.76. The molecule has 3 aromatic rings. The molecule has 0 saturated heterocycles. The van der Waals surface area contributed by atoms with Crippen LogP contribution in [0, 0.1) is 0 Å². The van der Waals surface area contributed by atoms with Crippen molar-refractivity contribution in [1.82, 2.24) is 14.6 Å². The van der Waals surface area contributed by atoms with Gasteiger partial charge in [0.1, 0.15) is 11.6 Å². The van der Waals surface area contributed by atoms with Crippen LogP contribution in [0.4, 0.5) is 0 Å². The van der Waals surface area contributed by atoms with Crippen LogP contribution in [0.3, 0.4) is 0 Å². The summed E-state index contributed by atoms with van der Waals surface area (Å²) in [7, 11) is 1.67. The second kappa shape index (κ2) is 5.60. The monoisotopic (exact) mass is 288 g/mol. The lowest BCUT2D eigenvalue weighted by Crippen LogP contribution is -2.03. The van der Waals surface area contributed by atoms with Gasteiger partial charge in [0.2, 0.25) is 4.96 Å². The van der Waals surface area contributed by atoms with E-state index in [2.05, 4.69) is 20.0 Å². The topological polar surface area (TPSA) is 65.4 Å². The Bertz CT molecular complexity index is 702. The van der Waals surface area contributed by atoms with E-state index in [0.29, 0.717) is 6.54 Å². The van der Waals surface area contributed by atoms with E-state index >= 15 is 0 Å². The summed E-state index contributed by atoms with van der Waals surface area (Å²) in [6, 6.07) is 8.02. The molecular formula is C14H16N4OS. The van der Waals surface area contributed by atoms with E-state index < -0.39 is 0 Å². The van der Waals surface area contributed by atoms with E-state index in [0.717, 1.165) is 40.6 Å². The fourth-order valence-electron chi connectivity index (χ4n) is 2.16. The quantitative estimate of drug-likeness (QED) is 0.782. The average Bonchev–Trinajstić information content (AvgIpc) is 3.07. The zero-order chi connectivity index (χ0) is 13.9. The lowest BCUT2D eigenvalue weighted by Gasteiger charge is -2.04. The number of hydrogen-bond acceptors (Lipinski definition) is 5. The Morgan fingerprint density at radius 1 is 1.25 bits per heavy atom. The molecular weight excluding hydrogens is 272 g/mol. The third kappa shape index (κ3) is 2.28. The number of aryl methyl sites for hydroxylation is 1. The van der Waals surface area contributed by atoms with Crippen molar-refractivity contribution in [2.45, 2.75) is 12.8 Å². The van der Waals surface area contributed by atoms with E-state index in [1.807, 2.05) is 24.3 Å². The van der Waals surface area contributed by atoms with Crippen LogP contribution in [-0.4, -0.2) is 28.3 Å². The fraction of sp³-hybridized carbons (Fsp3) is 0.286. The highest BCUT2D eigenvalue weighted by atomic mass is 32.1. The van der Waals surface area contributed by atoms with Gasteiger partial charge in [0.15, 0.2) is 0 Å². The Kier molecular flexibility index (Phi) is 3.66. The van der Waals surface area contributed by atoms with E-state index in [-0.39, 0.29) is 0 Å². The molecule has 0 amide bonds. The Balaban J connectivity index is 2.03. The Morgan fingerprint density at radius 2 is 2.05 bits per heavy atom. The molecule has 5 nitrogen and oxygen atoms in total. The Hall–Kier alpha value is -1.92. The first kappa shape index (κ1) is 13.1. The molecule has 0 aliphatic rings. The predicted molar refractivity (Wildman–Crippen MR) is 80.2 cm³/mol. The average molecular weight is 288 g/mol. The Morgan fingerprint density at radius 3 is 2.75 bits per heavy atom. The Labute approximate surface area is 121 Å². The van der Waals surface area contributed by atoms with Gasteiger partial charge in [-0.2, -0.15) is 0 Å². The van der Waals surface area contributed by atoms with Crippen molar-refractivity contribution in [3.05, 3.63) is 35.5 Å². The molecule has 0 unspecified atom stereocenters. The molecule has 0 bridgehead atoms. The van der Waals surface area contributed by atoms with Crippen molar-refractivity contribution in [2.75, 3.05) is 13.7 Å². The van der Waals surface area contributed by atoms with E-state index in [9.17, 15) is 0 Å². The molecule has 20 heavy (non-hydrogen) atoms. The molecule has 2 N–H and O–H groups in total. The summed E-state index contributed by atoms with van der Waals surface area (Å²) < 4.78 is 7.31. The maximum atomic E-state index is 5.58. The summed E-state index contributed by atoms with van der Waals surface area (Å²) in [6.45, 7) is 0.664. The highest BCUT2D eigenvalue weighted by Gasteiger charge is 2.12. The molecule has 2 aromatic heterocycles. The summed E-state index contributed by atoms with van der Waals surface area (Å²) in [4.78, 5) is 0.919. The molecule has 0 atom stereocenters. The summed E-state index contributed by atoms with van der Waals surface area (Å²) in [5.74, 6) is 1.82. The van der Waals surface area contributed by atoms with Crippen LogP contribution in [-0.2, 0) is 6.42 Å². The number of benzene rings is 1. The molecule has 0 radical (unpaired) electrons. The molecule has 0 spiro atoms. The number of methoxy groups -OCH3 is 1. The third-order valence-corrected chi connectivity index (χ3v) is 4.02.